The fraction of sp³-hybridized carbons (Fsp3) is 0.350. The first kappa shape index (κ1) is 18.3. The first-order chi connectivity index (χ1) is 12.5. The maximum Gasteiger partial charge on any atom is 0.251 e. The van der Waals surface area contributed by atoms with E-state index in [-0.39, 0.29) is 23.4 Å². The minimum atomic E-state index is -0.460. The predicted octanol–water partition coefficient (Wildman–Crippen LogP) is 3.68. The van der Waals surface area contributed by atoms with Crippen LogP contribution in [0.5, 0.6) is 0 Å². The van der Waals surface area contributed by atoms with Crippen LogP contribution in [0.25, 0.3) is 0 Å². The van der Waals surface area contributed by atoms with Gasteiger partial charge in [-0.25, -0.2) is 8.78 Å². The van der Waals surface area contributed by atoms with Gasteiger partial charge in [0.2, 0.25) is 0 Å². The van der Waals surface area contributed by atoms with Crippen LogP contribution in [-0.4, -0.2) is 32.7 Å². The molecule has 0 bridgehead atoms. The van der Waals surface area contributed by atoms with Gasteiger partial charge in [0.05, 0.1) is 17.8 Å². The maximum atomic E-state index is 14.2. The molecule has 6 heteroatoms. The molecule has 1 heterocycles. The van der Waals surface area contributed by atoms with Crippen molar-refractivity contribution in [2.24, 2.45) is 0 Å². The summed E-state index contributed by atoms with van der Waals surface area (Å²) >= 11 is 0. The molecule has 1 fully saturated rings. The Bertz CT molecular complexity index is 772. The first-order valence-corrected chi connectivity index (χ1v) is 8.60. The molecule has 2 aromatic carbocycles. The zero-order chi connectivity index (χ0) is 18.7. The van der Waals surface area contributed by atoms with Crippen LogP contribution < -0.4 is 10.2 Å². The average Bonchev–Trinajstić information content (AvgIpc) is 3.14. The summed E-state index contributed by atoms with van der Waals surface area (Å²) < 4.78 is 33.1. The second kappa shape index (κ2) is 7.83. The first-order valence-electron chi connectivity index (χ1n) is 8.60. The quantitative estimate of drug-likeness (QED) is 0.884. The van der Waals surface area contributed by atoms with Crippen molar-refractivity contribution in [2.75, 3.05) is 25.6 Å². The highest BCUT2D eigenvalue weighted by molar-refractivity contribution is 5.95. The summed E-state index contributed by atoms with van der Waals surface area (Å²) in [5, 5.41) is 2.92. The molecule has 1 aliphatic rings. The zero-order valence-corrected chi connectivity index (χ0v) is 14.8. The van der Waals surface area contributed by atoms with Crippen molar-refractivity contribution in [3.05, 3.63) is 65.2 Å². The number of rotatable bonds is 5. The van der Waals surface area contributed by atoms with Gasteiger partial charge in [0.25, 0.3) is 5.91 Å². The second-order valence-corrected chi connectivity index (χ2v) is 6.61. The fourth-order valence-electron chi connectivity index (χ4n) is 3.16. The van der Waals surface area contributed by atoms with Gasteiger partial charge in [-0.2, -0.15) is 0 Å². The number of nitrogens with one attached hydrogen (secondary N) is 1. The Hall–Kier alpha value is -2.47. The normalized spacial score (nSPS) is 17.8. The molecule has 1 aliphatic heterocycles. The number of carbonyl (C=O) groups is 1. The molecule has 3 rings (SSSR count). The van der Waals surface area contributed by atoms with Crippen LogP contribution in [0.1, 0.15) is 34.8 Å². The number of amides is 1. The number of benzene rings is 2. The molecule has 4 nitrogen and oxygen atoms in total. The van der Waals surface area contributed by atoms with E-state index >= 15 is 0 Å². The minimum absolute atomic E-state index is 0.185. The van der Waals surface area contributed by atoms with Gasteiger partial charge in [-0.15, -0.1) is 0 Å². The van der Waals surface area contributed by atoms with Crippen molar-refractivity contribution in [3.8, 4) is 0 Å². The lowest BCUT2D eigenvalue weighted by atomic mass is 9.98. The van der Waals surface area contributed by atoms with Crippen LogP contribution >= 0.6 is 0 Å². The highest BCUT2D eigenvalue weighted by atomic mass is 19.1. The Morgan fingerprint density at radius 2 is 1.92 bits per heavy atom. The van der Waals surface area contributed by atoms with Gasteiger partial charge in [-0.3, -0.25) is 4.79 Å². The van der Waals surface area contributed by atoms with Gasteiger partial charge < -0.3 is 15.0 Å². The van der Waals surface area contributed by atoms with E-state index in [4.69, 9.17) is 4.74 Å². The standard InChI is InChI=1S/C20H22F2N2O2/c1-24(2)17-10-7-14(12-16(17)22)20(25)23-19(18-4-3-11-26-18)13-5-8-15(21)9-6-13/h5-10,12,18-19H,3-4,11H2,1-2H3,(H,23,25). The van der Waals surface area contributed by atoms with E-state index in [9.17, 15) is 13.6 Å². The third kappa shape index (κ3) is 4.02. The second-order valence-electron chi connectivity index (χ2n) is 6.61. The summed E-state index contributed by atoms with van der Waals surface area (Å²) in [7, 11) is 3.47. The van der Waals surface area contributed by atoms with Crippen LogP contribution in [0.2, 0.25) is 0 Å². The molecule has 0 spiro atoms. The molecule has 0 aliphatic carbocycles. The molecule has 138 valence electrons. The van der Waals surface area contributed by atoms with Crippen LogP contribution in [-0.2, 0) is 4.74 Å². The monoisotopic (exact) mass is 360 g/mol. The molecule has 2 atom stereocenters. The Kier molecular flexibility index (Phi) is 5.52. The number of ether oxygens (including phenoxy) is 1. The SMILES string of the molecule is CN(C)c1ccc(C(=O)NC(c2ccc(F)cc2)C2CCCO2)cc1F. The van der Waals surface area contributed by atoms with Gasteiger partial charge in [0, 0.05) is 26.3 Å². The van der Waals surface area contributed by atoms with Crippen molar-refractivity contribution < 1.29 is 18.3 Å². The lowest BCUT2D eigenvalue weighted by Crippen LogP contribution is -2.36. The lowest BCUT2D eigenvalue weighted by Gasteiger charge is -2.25. The lowest BCUT2D eigenvalue weighted by molar-refractivity contribution is 0.0672. The molecular formula is C20H22F2N2O2. The van der Waals surface area contributed by atoms with E-state index in [1.807, 2.05) is 0 Å². The molecule has 1 saturated heterocycles. The van der Waals surface area contributed by atoms with Crippen LogP contribution in [0, 0.1) is 11.6 Å². The van der Waals surface area contributed by atoms with Gasteiger partial charge in [0.1, 0.15) is 11.6 Å². The average molecular weight is 360 g/mol. The predicted molar refractivity (Wildman–Crippen MR) is 96.3 cm³/mol. The highest BCUT2D eigenvalue weighted by Crippen LogP contribution is 2.28. The molecule has 1 N–H and O–H groups in total. The molecule has 0 saturated carbocycles. The Morgan fingerprint density at radius 1 is 1.19 bits per heavy atom. The Morgan fingerprint density at radius 3 is 2.50 bits per heavy atom. The summed E-state index contributed by atoms with van der Waals surface area (Å²) in [5.41, 5.74) is 1.41. The summed E-state index contributed by atoms with van der Waals surface area (Å²) in [4.78, 5) is 14.3. The molecule has 1 amide bonds. The molecule has 2 aromatic rings. The topological polar surface area (TPSA) is 41.6 Å². The number of hydrogen-bond donors (Lipinski definition) is 1. The van der Waals surface area contributed by atoms with Crippen LogP contribution in [0.15, 0.2) is 42.5 Å². The Labute approximate surface area is 151 Å². The minimum Gasteiger partial charge on any atom is -0.376 e. The number of halogens is 2. The largest absolute Gasteiger partial charge is 0.376 e. The van der Waals surface area contributed by atoms with Gasteiger partial charge >= 0.3 is 0 Å². The molecule has 0 aromatic heterocycles. The smallest absolute Gasteiger partial charge is 0.251 e. The van der Waals surface area contributed by atoms with E-state index in [0.29, 0.717) is 12.3 Å². The Balaban J connectivity index is 1.83. The van der Waals surface area contributed by atoms with Crippen molar-refractivity contribution in [2.45, 2.75) is 25.0 Å². The number of hydrogen-bond acceptors (Lipinski definition) is 3. The molecule has 26 heavy (non-hydrogen) atoms. The van der Waals surface area contributed by atoms with Gasteiger partial charge in [-0.1, -0.05) is 12.1 Å². The van der Waals surface area contributed by atoms with E-state index in [1.54, 1.807) is 43.3 Å². The van der Waals surface area contributed by atoms with E-state index in [2.05, 4.69) is 5.32 Å². The van der Waals surface area contributed by atoms with Crippen molar-refractivity contribution in [3.63, 3.8) is 0 Å². The summed E-state index contributed by atoms with van der Waals surface area (Å²) in [6.45, 7) is 0.629. The summed E-state index contributed by atoms with van der Waals surface area (Å²) in [6.07, 6.45) is 1.52. The summed E-state index contributed by atoms with van der Waals surface area (Å²) in [5.74, 6) is -1.19. The molecule has 0 radical (unpaired) electrons. The van der Waals surface area contributed by atoms with Crippen LogP contribution in [0.3, 0.4) is 0 Å². The van der Waals surface area contributed by atoms with Crippen LogP contribution in [0.4, 0.5) is 14.5 Å². The molecule has 2 unspecified atom stereocenters. The van der Waals surface area contributed by atoms with Crippen molar-refractivity contribution >= 4 is 11.6 Å². The third-order valence-electron chi connectivity index (χ3n) is 4.54. The van der Waals surface area contributed by atoms with Crippen molar-refractivity contribution in [1.29, 1.82) is 0 Å². The zero-order valence-electron chi connectivity index (χ0n) is 14.8. The van der Waals surface area contributed by atoms with E-state index in [1.165, 1.54) is 18.2 Å². The third-order valence-corrected chi connectivity index (χ3v) is 4.54. The number of carbonyl (C=O) groups excluding carboxylic acids is 1. The van der Waals surface area contributed by atoms with Gasteiger partial charge in [0.15, 0.2) is 0 Å². The number of nitrogens with zero attached hydrogens (tertiary/aromatic N) is 1. The fourth-order valence-corrected chi connectivity index (χ4v) is 3.16. The molecular weight excluding hydrogens is 338 g/mol. The van der Waals surface area contributed by atoms with E-state index in [0.717, 1.165) is 18.4 Å². The maximum absolute atomic E-state index is 14.2. The van der Waals surface area contributed by atoms with Crippen molar-refractivity contribution in [1.82, 2.24) is 5.32 Å². The highest BCUT2D eigenvalue weighted by Gasteiger charge is 2.29. The van der Waals surface area contributed by atoms with Gasteiger partial charge in [-0.05, 0) is 48.7 Å². The number of anilines is 1. The van der Waals surface area contributed by atoms with E-state index < -0.39 is 11.9 Å². The summed E-state index contributed by atoms with van der Waals surface area (Å²) in [6, 6.07) is 9.96.